The Bertz CT molecular complexity index is 598. The van der Waals surface area contributed by atoms with E-state index in [0.717, 1.165) is 44.3 Å². The molecule has 2 fully saturated rings. The standard InChI is InChI=1S/C18H28N4O2S/c1-2-15-9-5-6-10-22(15)16(23)11-14-12-25-18(20-14)21-17(24)19-13-7-3-4-8-13/h12-13,15H,2-11H2,1H3,(H2,19,20,21,24). The van der Waals surface area contributed by atoms with Crippen LogP contribution in [-0.4, -0.2) is 40.5 Å². The zero-order valence-corrected chi connectivity index (χ0v) is 15.7. The lowest BCUT2D eigenvalue weighted by molar-refractivity contribution is -0.134. The van der Waals surface area contributed by atoms with E-state index in [1.807, 2.05) is 10.3 Å². The van der Waals surface area contributed by atoms with Crippen LogP contribution in [0.2, 0.25) is 0 Å². The smallest absolute Gasteiger partial charge is 0.321 e. The number of carbonyl (C=O) groups is 2. The predicted octanol–water partition coefficient (Wildman–Crippen LogP) is 3.54. The lowest BCUT2D eigenvalue weighted by Crippen LogP contribution is -2.44. The van der Waals surface area contributed by atoms with Crippen LogP contribution in [0.5, 0.6) is 0 Å². The van der Waals surface area contributed by atoms with Crippen LogP contribution in [0.15, 0.2) is 5.38 Å². The highest BCUT2D eigenvalue weighted by Gasteiger charge is 2.25. The van der Waals surface area contributed by atoms with E-state index in [1.54, 1.807) is 0 Å². The highest BCUT2D eigenvalue weighted by Crippen LogP contribution is 2.22. The molecule has 2 heterocycles. The van der Waals surface area contributed by atoms with Crippen LogP contribution >= 0.6 is 11.3 Å². The van der Waals surface area contributed by atoms with Gasteiger partial charge in [0, 0.05) is 24.0 Å². The number of thiazole rings is 1. The molecule has 1 aromatic heterocycles. The van der Waals surface area contributed by atoms with Gasteiger partial charge in [-0.05, 0) is 38.5 Å². The Labute approximate surface area is 153 Å². The van der Waals surface area contributed by atoms with Gasteiger partial charge in [0.05, 0.1) is 12.1 Å². The first-order chi connectivity index (χ1) is 12.2. The Morgan fingerprint density at radius 3 is 2.76 bits per heavy atom. The summed E-state index contributed by atoms with van der Waals surface area (Å²) in [5, 5.41) is 8.21. The quantitative estimate of drug-likeness (QED) is 0.839. The van der Waals surface area contributed by atoms with Crippen molar-refractivity contribution in [2.45, 2.75) is 76.8 Å². The number of carbonyl (C=O) groups excluding carboxylic acids is 2. The van der Waals surface area contributed by atoms with Crippen LogP contribution in [0.4, 0.5) is 9.93 Å². The molecule has 7 heteroatoms. The van der Waals surface area contributed by atoms with E-state index >= 15 is 0 Å². The normalized spacial score (nSPS) is 21.3. The molecular weight excluding hydrogens is 336 g/mol. The predicted molar refractivity (Wildman–Crippen MR) is 99.9 cm³/mol. The van der Waals surface area contributed by atoms with Crippen molar-refractivity contribution < 1.29 is 9.59 Å². The topological polar surface area (TPSA) is 74.3 Å². The van der Waals surface area contributed by atoms with E-state index < -0.39 is 0 Å². The van der Waals surface area contributed by atoms with Crippen LogP contribution in [0.3, 0.4) is 0 Å². The van der Waals surface area contributed by atoms with Crippen molar-refractivity contribution in [1.82, 2.24) is 15.2 Å². The first kappa shape index (κ1) is 18.2. The number of piperidine rings is 1. The fourth-order valence-electron chi connectivity index (χ4n) is 3.84. The Kier molecular flexibility index (Phi) is 6.29. The minimum atomic E-state index is -0.193. The third-order valence-electron chi connectivity index (χ3n) is 5.21. The number of rotatable bonds is 5. The van der Waals surface area contributed by atoms with Crippen molar-refractivity contribution in [2.75, 3.05) is 11.9 Å². The van der Waals surface area contributed by atoms with Crippen molar-refractivity contribution in [3.05, 3.63) is 11.1 Å². The number of likely N-dealkylation sites (tertiary alicyclic amines) is 1. The lowest BCUT2D eigenvalue weighted by Gasteiger charge is -2.35. The minimum Gasteiger partial charge on any atom is -0.339 e. The number of nitrogens with one attached hydrogen (secondary N) is 2. The van der Waals surface area contributed by atoms with Gasteiger partial charge in [-0.2, -0.15) is 0 Å². The van der Waals surface area contributed by atoms with Gasteiger partial charge in [-0.1, -0.05) is 19.8 Å². The summed E-state index contributed by atoms with van der Waals surface area (Å²) in [7, 11) is 0. The van der Waals surface area contributed by atoms with Crippen LogP contribution in [-0.2, 0) is 11.2 Å². The van der Waals surface area contributed by atoms with E-state index in [9.17, 15) is 9.59 Å². The number of hydrogen-bond donors (Lipinski definition) is 2. The van der Waals surface area contributed by atoms with Crippen LogP contribution < -0.4 is 10.6 Å². The molecule has 3 amide bonds. The maximum absolute atomic E-state index is 12.6. The van der Waals surface area contributed by atoms with Gasteiger partial charge < -0.3 is 10.2 Å². The summed E-state index contributed by atoms with van der Waals surface area (Å²) < 4.78 is 0. The molecule has 138 valence electrons. The number of nitrogens with zero attached hydrogens (tertiary/aromatic N) is 2. The van der Waals surface area contributed by atoms with Crippen molar-refractivity contribution in [3.63, 3.8) is 0 Å². The van der Waals surface area contributed by atoms with Gasteiger partial charge in [-0.3, -0.25) is 10.1 Å². The summed E-state index contributed by atoms with van der Waals surface area (Å²) in [5.41, 5.74) is 0.742. The van der Waals surface area contributed by atoms with E-state index in [4.69, 9.17) is 0 Å². The highest BCUT2D eigenvalue weighted by atomic mass is 32.1. The molecule has 1 atom stereocenters. The molecule has 6 nitrogen and oxygen atoms in total. The second kappa shape index (κ2) is 8.65. The molecule has 2 aliphatic rings. The molecule has 1 aliphatic heterocycles. The highest BCUT2D eigenvalue weighted by molar-refractivity contribution is 7.13. The Morgan fingerprint density at radius 1 is 1.24 bits per heavy atom. The van der Waals surface area contributed by atoms with Gasteiger partial charge >= 0.3 is 6.03 Å². The van der Waals surface area contributed by atoms with Crippen LogP contribution in [0, 0.1) is 0 Å². The average Bonchev–Trinajstić information content (AvgIpc) is 3.27. The van der Waals surface area contributed by atoms with E-state index in [2.05, 4.69) is 22.5 Å². The maximum atomic E-state index is 12.6. The number of aromatic nitrogens is 1. The minimum absolute atomic E-state index is 0.152. The number of urea groups is 1. The Morgan fingerprint density at radius 2 is 2.00 bits per heavy atom. The SMILES string of the molecule is CCC1CCCCN1C(=O)Cc1csc(NC(=O)NC2CCCC2)n1. The van der Waals surface area contributed by atoms with E-state index in [0.29, 0.717) is 17.6 Å². The molecule has 1 aromatic rings. The van der Waals surface area contributed by atoms with Crippen LogP contribution in [0.1, 0.15) is 64.0 Å². The van der Waals surface area contributed by atoms with Crippen molar-refractivity contribution in [3.8, 4) is 0 Å². The molecule has 1 unspecified atom stereocenters. The van der Waals surface area contributed by atoms with Crippen molar-refractivity contribution in [1.29, 1.82) is 0 Å². The lowest BCUT2D eigenvalue weighted by atomic mass is 9.99. The Balaban J connectivity index is 1.50. The van der Waals surface area contributed by atoms with Gasteiger partial charge in [0.1, 0.15) is 0 Å². The second-order valence-corrected chi connectivity index (χ2v) is 7.90. The summed E-state index contributed by atoms with van der Waals surface area (Å²) in [4.78, 5) is 31.0. The molecular formula is C18H28N4O2S. The summed E-state index contributed by atoms with van der Waals surface area (Å²) in [6, 6.07) is 0.460. The van der Waals surface area contributed by atoms with Crippen LogP contribution in [0.25, 0.3) is 0 Å². The molecule has 0 spiro atoms. The molecule has 0 bridgehead atoms. The van der Waals surface area contributed by atoms with Gasteiger partial charge in [-0.25, -0.2) is 9.78 Å². The second-order valence-electron chi connectivity index (χ2n) is 7.05. The fraction of sp³-hybridized carbons (Fsp3) is 0.722. The van der Waals surface area contributed by atoms with E-state index in [-0.39, 0.29) is 18.0 Å². The summed E-state index contributed by atoms with van der Waals surface area (Å²) in [6.07, 6.45) is 9.21. The summed E-state index contributed by atoms with van der Waals surface area (Å²) in [5.74, 6) is 0.152. The summed E-state index contributed by atoms with van der Waals surface area (Å²) >= 11 is 1.38. The molecule has 0 aromatic carbocycles. The number of amides is 3. The monoisotopic (exact) mass is 364 g/mol. The van der Waals surface area contributed by atoms with Crippen molar-refractivity contribution >= 4 is 28.4 Å². The first-order valence-electron chi connectivity index (χ1n) is 9.47. The first-order valence-corrected chi connectivity index (χ1v) is 10.3. The molecule has 2 N–H and O–H groups in total. The van der Waals surface area contributed by atoms with Gasteiger partial charge in [-0.15, -0.1) is 11.3 Å². The van der Waals surface area contributed by atoms with E-state index in [1.165, 1.54) is 30.6 Å². The molecule has 1 aliphatic carbocycles. The van der Waals surface area contributed by atoms with Crippen molar-refractivity contribution in [2.24, 2.45) is 0 Å². The molecule has 25 heavy (non-hydrogen) atoms. The third-order valence-corrected chi connectivity index (χ3v) is 6.02. The van der Waals surface area contributed by atoms with Gasteiger partial charge in [0.2, 0.25) is 5.91 Å². The summed E-state index contributed by atoms with van der Waals surface area (Å²) in [6.45, 7) is 3.00. The Hall–Kier alpha value is -1.63. The maximum Gasteiger partial charge on any atom is 0.321 e. The molecule has 1 saturated carbocycles. The van der Waals surface area contributed by atoms with Gasteiger partial charge in [0.15, 0.2) is 5.13 Å². The van der Waals surface area contributed by atoms with Gasteiger partial charge in [0.25, 0.3) is 0 Å². The molecule has 3 rings (SSSR count). The fourth-order valence-corrected chi connectivity index (χ4v) is 4.55. The number of anilines is 1. The zero-order valence-electron chi connectivity index (χ0n) is 14.9. The average molecular weight is 365 g/mol. The largest absolute Gasteiger partial charge is 0.339 e. The third kappa shape index (κ3) is 4.93. The molecule has 0 radical (unpaired) electrons. The molecule has 1 saturated heterocycles. The number of hydrogen-bond acceptors (Lipinski definition) is 4. The zero-order chi connectivity index (χ0) is 17.6.